The summed E-state index contributed by atoms with van der Waals surface area (Å²) in [4.78, 5) is 38.0. The average molecular weight is 342 g/mol. The van der Waals surface area contributed by atoms with E-state index in [4.69, 9.17) is 14.2 Å². The highest BCUT2D eigenvalue weighted by molar-refractivity contribution is 6.04. The van der Waals surface area contributed by atoms with Crippen LogP contribution in [0.3, 0.4) is 0 Å². The SMILES string of the molecule is CCCOC(=O)C1CCCCC1(C(=O)OCCC)C(=O)OCCC. The number of carbonyl (C=O) groups is 3. The monoisotopic (exact) mass is 342 g/mol. The van der Waals surface area contributed by atoms with Crippen molar-refractivity contribution in [2.75, 3.05) is 19.8 Å². The normalized spacial score (nSPS) is 19.4. The zero-order chi connectivity index (χ0) is 18.0. The molecule has 0 radical (unpaired) electrons. The maximum absolute atomic E-state index is 12.7. The summed E-state index contributed by atoms with van der Waals surface area (Å²) in [7, 11) is 0. The predicted molar refractivity (Wildman–Crippen MR) is 88.1 cm³/mol. The molecule has 0 aliphatic heterocycles. The zero-order valence-electron chi connectivity index (χ0n) is 15.1. The first-order valence-corrected chi connectivity index (χ1v) is 9.05. The largest absolute Gasteiger partial charge is 0.465 e. The Balaban J connectivity index is 3.11. The lowest BCUT2D eigenvalue weighted by atomic mass is 9.66. The van der Waals surface area contributed by atoms with Crippen molar-refractivity contribution in [1.82, 2.24) is 0 Å². The molecule has 0 amide bonds. The van der Waals surface area contributed by atoms with E-state index in [1.807, 2.05) is 20.8 Å². The number of esters is 3. The van der Waals surface area contributed by atoms with Gasteiger partial charge in [0.25, 0.3) is 0 Å². The van der Waals surface area contributed by atoms with Gasteiger partial charge in [-0.2, -0.15) is 0 Å². The summed E-state index contributed by atoms with van der Waals surface area (Å²) in [5.41, 5.74) is -1.56. The highest BCUT2D eigenvalue weighted by atomic mass is 16.6. The summed E-state index contributed by atoms with van der Waals surface area (Å²) >= 11 is 0. The number of carbonyl (C=O) groups excluding carboxylic acids is 3. The van der Waals surface area contributed by atoms with Crippen molar-refractivity contribution in [3.8, 4) is 0 Å². The van der Waals surface area contributed by atoms with E-state index in [9.17, 15) is 14.4 Å². The smallest absolute Gasteiger partial charge is 0.324 e. The first-order chi connectivity index (χ1) is 11.5. The van der Waals surface area contributed by atoms with E-state index in [2.05, 4.69) is 0 Å². The Morgan fingerprint density at radius 1 is 0.833 bits per heavy atom. The molecule has 0 aromatic carbocycles. The van der Waals surface area contributed by atoms with Crippen LogP contribution in [0.2, 0.25) is 0 Å². The van der Waals surface area contributed by atoms with Gasteiger partial charge in [0.2, 0.25) is 0 Å². The Morgan fingerprint density at radius 3 is 1.83 bits per heavy atom. The van der Waals surface area contributed by atoms with Crippen LogP contribution in [0.5, 0.6) is 0 Å². The van der Waals surface area contributed by atoms with Crippen molar-refractivity contribution in [3.05, 3.63) is 0 Å². The van der Waals surface area contributed by atoms with Crippen LogP contribution in [0, 0.1) is 11.3 Å². The highest BCUT2D eigenvalue weighted by Crippen LogP contribution is 2.44. The van der Waals surface area contributed by atoms with E-state index in [-0.39, 0.29) is 26.2 Å². The van der Waals surface area contributed by atoms with Crippen molar-refractivity contribution in [1.29, 1.82) is 0 Å². The average Bonchev–Trinajstić information content (AvgIpc) is 2.61. The minimum Gasteiger partial charge on any atom is -0.465 e. The molecule has 0 heterocycles. The van der Waals surface area contributed by atoms with E-state index in [0.717, 1.165) is 6.42 Å². The molecule has 138 valence electrons. The molecule has 1 fully saturated rings. The standard InChI is InChI=1S/C18H30O6/c1-4-11-22-15(19)14-9-7-8-10-18(14,16(20)23-12-5-2)17(21)24-13-6-3/h14H,4-13H2,1-3H3. The van der Waals surface area contributed by atoms with E-state index in [0.29, 0.717) is 32.1 Å². The third-order valence-electron chi connectivity index (χ3n) is 4.24. The maximum atomic E-state index is 12.7. The molecule has 1 aliphatic rings. The second kappa shape index (κ2) is 10.3. The van der Waals surface area contributed by atoms with Gasteiger partial charge in [-0.05, 0) is 32.1 Å². The molecule has 0 saturated heterocycles. The van der Waals surface area contributed by atoms with Crippen molar-refractivity contribution in [2.24, 2.45) is 11.3 Å². The van der Waals surface area contributed by atoms with E-state index in [1.54, 1.807) is 0 Å². The van der Waals surface area contributed by atoms with Gasteiger partial charge in [0.05, 0.1) is 25.7 Å². The zero-order valence-corrected chi connectivity index (χ0v) is 15.1. The number of hydrogen-bond donors (Lipinski definition) is 0. The molecule has 1 aliphatic carbocycles. The topological polar surface area (TPSA) is 78.9 Å². The van der Waals surface area contributed by atoms with Gasteiger partial charge in [-0.15, -0.1) is 0 Å². The van der Waals surface area contributed by atoms with Gasteiger partial charge in [-0.3, -0.25) is 14.4 Å². The van der Waals surface area contributed by atoms with Crippen LogP contribution >= 0.6 is 0 Å². The quantitative estimate of drug-likeness (QED) is 0.364. The van der Waals surface area contributed by atoms with Crippen LogP contribution in [0.4, 0.5) is 0 Å². The minimum atomic E-state index is -1.56. The fourth-order valence-electron chi connectivity index (χ4n) is 3.01. The Bertz CT molecular complexity index is 411. The highest BCUT2D eigenvalue weighted by Gasteiger charge is 2.59. The molecule has 6 heteroatoms. The van der Waals surface area contributed by atoms with E-state index in [1.165, 1.54) is 0 Å². The van der Waals surface area contributed by atoms with Crippen LogP contribution in [0.15, 0.2) is 0 Å². The van der Waals surface area contributed by atoms with Gasteiger partial charge in [0.1, 0.15) is 0 Å². The molecule has 0 N–H and O–H groups in total. The summed E-state index contributed by atoms with van der Waals surface area (Å²) in [6, 6.07) is 0. The van der Waals surface area contributed by atoms with Gasteiger partial charge in [0, 0.05) is 0 Å². The molecule has 1 atom stereocenters. The first kappa shape index (κ1) is 20.5. The van der Waals surface area contributed by atoms with Gasteiger partial charge < -0.3 is 14.2 Å². The second-order valence-corrected chi connectivity index (χ2v) is 6.21. The van der Waals surface area contributed by atoms with E-state index >= 15 is 0 Å². The second-order valence-electron chi connectivity index (χ2n) is 6.21. The molecule has 0 aromatic rings. The van der Waals surface area contributed by atoms with Crippen molar-refractivity contribution in [2.45, 2.75) is 65.7 Å². The molecule has 0 spiro atoms. The molecule has 1 unspecified atom stereocenters. The third-order valence-corrected chi connectivity index (χ3v) is 4.24. The summed E-state index contributed by atoms with van der Waals surface area (Å²) in [5, 5.41) is 0. The lowest BCUT2D eigenvalue weighted by Gasteiger charge is -2.38. The Morgan fingerprint density at radius 2 is 1.33 bits per heavy atom. The summed E-state index contributed by atoms with van der Waals surface area (Å²) < 4.78 is 15.8. The van der Waals surface area contributed by atoms with Gasteiger partial charge in [0.15, 0.2) is 5.41 Å². The fourth-order valence-corrected chi connectivity index (χ4v) is 3.01. The molecule has 24 heavy (non-hydrogen) atoms. The number of ether oxygens (including phenoxy) is 3. The summed E-state index contributed by atoms with van der Waals surface area (Å²) in [6.45, 7) is 6.37. The van der Waals surface area contributed by atoms with Crippen LogP contribution in [-0.2, 0) is 28.6 Å². The van der Waals surface area contributed by atoms with Crippen molar-refractivity contribution < 1.29 is 28.6 Å². The van der Waals surface area contributed by atoms with E-state index < -0.39 is 29.2 Å². The maximum Gasteiger partial charge on any atom is 0.324 e. The van der Waals surface area contributed by atoms with Gasteiger partial charge >= 0.3 is 17.9 Å². The summed E-state index contributed by atoms with van der Waals surface area (Å²) in [5.74, 6) is -2.63. The van der Waals surface area contributed by atoms with Crippen LogP contribution in [-0.4, -0.2) is 37.7 Å². The Kier molecular flexibility index (Phi) is 8.79. The van der Waals surface area contributed by atoms with Gasteiger partial charge in [-0.25, -0.2) is 0 Å². The van der Waals surface area contributed by atoms with Crippen molar-refractivity contribution in [3.63, 3.8) is 0 Å². The molecular formula is C18H30O6. The van der Waals surface area contributed by atoms with Crippen LogP contribution < -0.4 is 0 Å². The molecule has 6 nitrogen and oxygen atoms in total. The van der Waals surface area contributed by atoms with Crippen LogP contribution in [0.1, 0.15) is 65.7 Å². The predicted octanol–water partition coefficient (Wildman–Crippen LogP) is 3.02. The first-order valence-electron chi connectivity index (χ1n) is 9.05. The Hall–Kier alpha value is -1.59. The lowest BCUT2D eigenvalue weighted by molar-refractivity contribution is -0.187. The number of hydrogen-bond acceptors (Lipinski definition) is 6. The molecule has 1 saturated carbocycles. The fraction of sp³-hybridized carbons (Fsp3) is 0.833. The molecule has 0 aromatic heterocycles. The third kappa shape index (κ3) is 4.71. The molecular weight excluding hydrogens is 312 g/mol. The van der Waals surface area contributed by atoms with Crippen LogP contribution in [0.25, 0.3) is 0 Å². The summed E-state index contributed by atoms with van der Waals surface area (Å²) in [6.07, 6.45) is 4.14. The van der Waals surface area contributed by atoms with Gasteiger partial charge in [-0.1, -0.05) is 33.6 Å². The minimum absolute atomic E-state index is 0.221. The lowest BCUT2D eigenvalue weighted by Crippen LogP contribution is -2.52. The van der Waals surface area contributed by atoms with Crippen molar-refractivity contribution >= 4 is 17.9 Å². The Labute approximate surface area is 144 Å². The molecule has 1 rings (SSSR count). The number of rotatable bonds is 9. The molecule has 0 bridgehead atoms.